The molecule has 5 nitrogen and oxygen atoms in total. The summed E-state index contributed by atoms with van der Waals surface area (Å²) in [5, 5.41) is 14.3. The number of nitrogens with one attached hydrogen (secondary N) is 2. The highest BCUT2D eigenvalue weighted by atomic mass is 16.4. The van der Waals surface area contributed by atoms with E-state index in [4.69, 9.17) is 4.42 Å². The lowest BCUT2D eigenvalue weighted by atomic mass is 9.98. The zero-order valence-electron chi connectivity index (χ0n) is 10.3. The molecule has 0 spiro atoms. The van der Waals surface area contributed by atoms with Crippen molar-refractivity contribution in [2.75, 3.05) is 18.9 Å². The van der Waals surface area contributed by atoms with Crippen LogP contribution in [-0.4, -0.2) is 23.8 Å². The minimum Gasteiger partial charge on any atom is -0.407 e. The molecule has 0 radical (unpaired) electrons. The SMILES string of the molecule is CNCc1nnc(NCC(C2CC2)C2CC2)o1. The molecule has 5 heteroatoms. The van der Waals surface area contributed by atoms with Crippen LogP contribution in [0, 0.1) is 17.8 Å². The highest BCUT2D eigenvalue weighted by molar-refractivity contribution is 5.17. The Hall–Kier alpha value is -1.10. The van der Waals surface area contributed by atoms with Crippen LogP contribution in [0.25, 0.3) is 0 Å². The van der Waals surface area contributed by atoms with Gasteiger partial charge in [-0.2, -0.15) is 0 Å². The maximum Gasteiger partial charge on any atom is 0.315 e. The average molecular weight is 236 g/mol. The summed E-state index contributed by atoms with van der Waals surface area (Å²) >= 11 is 0. The van der Waals surface area contributed by atoms with Gasteiger partial charge in [0.15, 0.2) is 0 Å². The van der Waals surface area contributed by atoms with Crippen LogP contribution in [-0.2, 0) is 6.54 Å². The third-order valence-corrected chi connectivity index (χ3v) is 3.74. The predicted octanol–water partition coefficient (Wildman–Crippen LogP) is 1.64. The van der Waals surface area contributed by atoms with Crippen molar-refractivity contribution in [2.24, 2.45) is 17.8 Å². The fourth-order valence-electron chi connectivity index (χ4n) is 2.52. The molecule has 1 heterocycles. The van der Waals surface area contributed by atoms with Gasteiger partial charge in [-0.05, 0) is 50.5 Å². The molecule has 17 heavy (non-hydrogen) atoms. The van der Waals surface area contributed by atoms with Crippen molar-refractivity contribution in [3.05, 3.63) is 5.89 Å². The van der Waals surface area contributed by atoms with Gasteiger partial charge in [0.05, 0.1) is 6.54 Å². The topological polar surface area (TPSA) is 63.0 Å². The number of hydrogen-bond acceptors (Lipinski definition) is 5. The highest BCUT2D eigenvalue weighted by Gasteiger charge is 2.41. The lowest BCUT2D eigenvalue weighted by Crippen LogP contribution is -2.18. The summed E-state index contributed by atoms with van der Waals surface area (Å²) in [6.07, 6.45) is 5.66. The molecule has 0 saturated heterocycles. The van der Waals surface area contributed by atoms with E-state index in [1.54, 1.807) is 0 Å². The second kappa shape index (κ2) is 4.64. The molecule has 2 saturated carbocycles. The van der Waals surface area contributed by atoms with Crippen molar-refractivity contribution >= 4 is 6.01 Å². The van der Waals surface area contributed by atoms with E-state index in [1.165, 1.54) is 25.7 Å². The van der Waals surface area contributed by atoms with Crippen LogP contribution in [0.2, 0.25) is 0 Å². The first kappa shape index (κ1) is 11.0. The Bertz CT molecular complexity index is 358. The van der Waals surface area contributed by atoms with Crippen LogP contribution in [0.1, 0.15) is 31.6 Å². The monoisotopic (exact) mass is 236 g/mol. The Morgan fingerprint density at radius 3 is 2.53 bits per heavy atom. The Morgan fingerprint density at radius 2 is 1.94 bits per heavy atom. The normalized spacial score (nSPS) is 19.9. The number of anilines is 1. The third-order valence-electron chi connectivity index (χ3n) is 3.74. The molecule has 0 atom stereocenters. The van der Waals surface area contributed by atoms with Crippen LogP contribution in [0.3, 0.4) is 0 Å². The summed E-state index contributed by atoms with van der Waals surface area (Å²) in [6, 6.07) is 0.571. The molecule has 1 aromatic heterocycles. The largest absolute Gasteiger partial charge is 0.407 e. The van der Waals surface area contributed by atoms with Crippen molar-refractivity contribution in [3.63, 3.8) is 0 Å². The van der Waals surface area contributed by atoms with Crippen LogP contribution >= 0.6 is 0 Å². The first-order chi connectivity index (χ1) is 8.36. The van der Waals surface area contributed by atoms with E-state index in [0.717, 1.165) is 24.3 Å². The quantitative estimate of drug-likeness (QED) is 0.753. The van der Waals surface area contributed by atoms with Crippen LogP contribution in [0.5, 0.6) is 0 Å². The molecule has 0 amide bonds. The molecular formula is C12H20N4O. The van der Waals surface area contributed by atoms with Gasteiger partial charge in [-0.3, -0.25) is 0 Å². The molecule has 0 unspecified atom stereocenters. The first-order valence-electron chi connectivity index (χ1n) is 6.57. The standard InChI is InChI=1S/C12H20N4O/c1-13-7-11-15-16-12(17-11)14-6-10(8-2-3-8)9-4-5-9/h8-10,13H,2-7H2,1H3,(H,14,16). The van der Waals surface area contributed by atoms with Crippen LogP contribution in [0.15, 0.2) is 4.42 Å². The Kier molecular flexibility index (Phi) is 3.01. The van der Waals surface area contributed by atoms with Crippen molar-refractivity contribution in [1.82, 2.24) is 15.5 Å². The maximum atomic E-state index is 5.48. The number of hydrogen-bond donors (Lipinski definition) is 2. The van der Waals surface area contributed by atoms with Gasteiger partial charge in [0.25, 0.3) is 0 Å². The molecule has 1 aromatic rings. The van der Waals surface area contributed by atoms with Gasteiger partial charge in [-0.25, -0.2) is 0 Å². The lowest BCUT2D eigenvalue weighted by Gasteiger charge is -2.14. The van der Waals surface area contributed by atoms with E-state index in [0.29, 0.717) is 18.5 Å². The fraction of sp³-hybridized carbons (Fsp3) is 0.833. The predicted molar refractivity (Wildman–Crippen MR) is 64.5 cm³/mol. The van der Waals surface area contributed by atoms with E-state index in [2.05, 4.69) is 20.8 Å². The molecule has 0 aromatic carbocycles. The molecule has 2 aliphatic rings. The molecular weight excluding hydrogens is 216 g/mol. The zero-order chi connectivity index (χ0) is 11.7. The second-order valence-corrected chi connectivity index (χ2v) is 5.25. The smallest absolute Gasteiger partial charge is 0.315 e. The Labute approximate surface area is 101 Å². The number of nitrogens with zero attached hydrogens (tertiary/aromatic N) is 2. The van der Waals surface area contributed by atoms with Gasteiger partial charge in [-0.1, -0.05) is 5.10 Å². The average Bonchev–Trinajstić information content (AvgIpc) is 3.21. The van der Waals surface area contributed by atoms with Crippen molar-refractivity contribution in [3.8, 4) is 0 Å². The minimum atomic E-state index is 0.571. The summed E-state index contributed by atoms with van der Waals surface area (Å²) in [5.41, 5.74) is 0. The summed E-state index contributed by atoms with van der Waals surface area (Å²) in [4.78, 5) is 0. The minimum absolute atomic E-state index is 0.571. The van der Waals surface area contributed by atoms with E-state index in [9.17, 15) is 0 Å². The van der Waals surface area contributed by atoms with Gasteiger partial charge in [0.2, 0.25) is 5.89 Å². The maximum absolute atomic E-state index is 5.48. The molecule has 94 valence electrons. The van der Waals surface area contributed by atoms with Crippen molar-refractivity contribution in [2.45, 2.75) is 32.2 Å². The van der Waals surface area contributed by atoms with Gasteiger partial charge in [-0.15, -0.1) is 5.10 Å². The number of rotatable bonds is 7. The first-order valence-corrected chi connectivity index (χ1v) is 6.57. The Morgan fingerprint density at radius 1 is 1.24 bits per heavy atom. The summed E-state index contributed by atoms with van der Waals surface area (Å²) in [7, 11) is 1.87. The lowest BCUT2D eigenvalue weighted by molar-refractivity contribution is 0.418. The summed E-state index contributed by atoms with van der Waals surface area (Å²) in [5.74, 6) is 3.38. The molecule has 0 aliphatic heterocycles. The molecule has 0 bridgehead atoms. The second-order valence-electron chi connectivity index (χ2n) is 5.25. The molecule has 2 fully saturated rings. The zero-order valence-corrected chi connectivity index (χ0v) is 10.3. The van der Waals surface area contributed by atoms with Crippen molar-refractivity contribution < 1.29 is 4.42 Å². The van der Waals surface area contributed by atoms with E-state index < -0.39 is 0 Å². The van der Waals surface area contributed by atoms with E-state index in [1.807, 2.05) is 7.05 Å². The van der Waals surface area contributed by atoms with E-state index >= 15 is 0 Å². The Balaban J connectivity index is 1.51. The highest BCUT2D eigenvalue weighted by Crippen LogP contribution is 2.49. The third kappa shape index (κ3) is 2.77. The van der Waals surface area contributed by atoms with Gasteiger partial charge in [0, 0.05) is 6.54 Å². The van der Waals surface area contributed by atoms with E-state index in [-0.39, 0.29) is 0 Å². The van der Waals surface area contributed by atoms with Gasteiger partial charge < -0.3 is 15.1 Å². The summed E-state index contributed by atoms with van der Waals surface area (Å²) < 4.78 is 5.48. The molecule has 2 N–H and O–H groups in total. The summed E-state index contributed by atoms with van der Waals surface area (Å²) in [6.45, 7) is 1.62. The van der Waals surface area contributed by atoms with Crippen LogP contribution < -0.4 is 10.6 Å². The van der Waals surface area contributed by atoms with Gasteiger partial charge in [0.1, 0.15) is 0 Å². The fourth-order valence-corrected chi connectivity index (χ4v) is 2.52. The van der Waals surface area contributed by atoms with Crippen LogP contribution in [0.4, 0.5) is 6.01 Å². The number of aromatic nitrogens is 2. The molecule has 2 aliphatic carbocycles. The van der Waals surface area contributed by atoms with Gasteiger partial charge >= 0.3 is 6.01 Å². The van der Waals surface area contributed by atoms with Crippen molar-refractivity contribution in [1.29, 1.82) is 0 Å². The molecule has 3 rings (SSSR count).